The highest BCUT2D eigenvalue weighted by Gasteiger charge is 2.36. The normalized spacial score (nSPS) is 30.0. The van der Waals surface area contributed by atoms with Crippen molar-refractivity contribution in [2.24, 2.45) is 5.92 Å². The van der Waals surface area contributed by atoms with E-state index in [0.717, 1.165) is 18.5 Å². The zero-order chi connectivity index (χ0) is 13.8. The van der Waals surface area contributed by atoms with Crippen LogP contribution in [0.2, 0.25) is 0 Å². The second-order valence-corrected chi connectivity index (χ2v) is 6.88. The maximum absolute atomic E-state index is 10.2. The molecule has 0 aromatic heterocycles. The predicted molar refractivity (Wildman–Crippen MR) is 78.2 cm³/mol. The summed E-state index contributed by atoms with van der Waals surface area (Å²) in [6, 6.07) is 1.45. The molecule has 0 aromatic carbocycles. The first kappa shape index (κ1) is 15.3. The molecule has 1 atom stereocenters. The molecule has 2 rings (SSSR count). The molecule has 112 valence electrons. The molecule has 2 fully saturated rings. The minimum Gasteiger partial charge on any atom is -0.389 e. The minimum absolute atomic E-state index is 0.208. The third-order valence-corrected chi connectivity index (χ3v) is 4.51. The Morgan fingerprint density at radius 3 is 2.05 bits per heavy atom. The van der Waals surface area contributed by atoms with Crippen LogP contribution >= 0.6 is 0 Å². The van der Waals surface area contributed by atoms with Crippen molar-refractivity contribution >= 4 is 0 Å². The molecule has 1 unspecified atom stereocenters. The van der Waals surface area contributed by atoms with Crippen molar-refractivity contribution in [2.75, 3.05) is 13.2 Å². The number of aliphatic hydroxyl groups is 1. The average Bonchev–Trinajstić information content (AvgIpc) is 3.19. The van der Waals surface area contributed by atoms with Gasteiger partial charge >= 0.3 is 0 Å². The summed E-state index contributed by atoms with van der Waals surface area (Å²) in [5.74, 6) is 0.895. The molecule has 0 aromatic rings. The van der Waals surface area contributed by atoms with E-state index in [9.17, 15) is 5.11 Å². The zero-order valence-electron chi connectivity index (χ0n) is 12.8. The lowest BCUT2D eigenvalue weighted by molar-refractivity contribution is -0.0195. The van der Waals surface area contributed by atoms with Crippen LogP contribution in [0.1, 0.15) is 59.3 Å². The molecule has 2 aliphatic carbocycles. The fourth-order valence-corrected chi connectivity index (χ4v) is 3.18. The highest BCUT2D eigenvalue weighted by atomic mass is 16.5. The smallest absolute Gasteiger partial charge is 0.0900 e. The van der Waals surface area contributed by atoms with Gasteiger partial charge in [0.1, 0.15) is 0 Å². The third kappa shape index (κ3) is 5.05. The van der Waals surface area contributed by atoms with Crippen molar-refractivity contribution in [3.05, 3.63) is 0 Å². The Kier molecular flexibility index (Phi) is 5.67. The van der Waals surface area contributed by atoms with Crippen LogP contribution in [-0.2, 0) is 4.74 Å². The van der Waals surface area contributed by atoms with Crippen LogP contribution < -0.4 is 0 Å². The topological polar surface area (TPSA) is 32.7 Å². The molecule has 3 heteroatoms. The minimum atomic E-state index is -0.331. The summed E-state index contributed by atoms with van der Waals surface area (Å²) < 4.78 is 5.53. The lowest BCUT2D eigenvalue weighted by Gasteiger charge is -2.37. The fourth-order valence-electron chi connectivity index (χ4n) is 3.18. The number of hydrogen-bond donors (Lipinski definition) is 1. The van der Waals surface area contributed by atoms with Gasteiger partial charge < -0.3 is 9.84 Å². The third-order valence-electron chi connectivity index (χ3n) is 4.51. The van der Waals surface area contributed by atoms with Gasteiger partial charge in [-0.15, -0.1) is 0 Å². The summed E-state index contributed by atoms with van der Waals surface area (Å²) in [6.07, 6.45) is 7.86. The summed E-state index contributed by atoms with van der Waals surface area (Å²) in [5.41, 5.74) is 0. The van der Waals surface area contributed by atoms with E-state index in [4.69, 9.17) is 4.74 Å². The molecule has 19 heavy (non-hydrogen) atoms. The van der Waals surface area contributed by atoms with E-state index in [0.29, 0.717) is 12.6 Å². The lowest BCUT2D eigenvalue weighted by Crippen LogP contribution is -2.45. The Hall–Kier alpha value is -0.120. The Balaban J connectivity index is 1.79. The van der Waals surface area contributed by atoms with Gasteiger partial charge in [-0.2, -0.15) is 0 Å². The second kappa shape index (κ2) is 7.05. The molecule has 2 aliphatic rings. The molecule has 0 aliphatic heterocycles. The molecule has 0 saturated heterocycles. The van der Waals surface area contributed by atoms with Crippen LogP contribution in [-0.4, -0.2) is 47.4 Å². The molecular weight excluding hydrogens is 238 g/mol. The average molecular weight is 269 g/mol. The molecule has 3 nitrogen and oxygen atoms in total. The monoisotopic (exact) mass is 269 g/mol. The number of nitrogens with zero attached hydrogens (tertiary/aromatic N) is 1. The molecule has 0 radical (unpaired) electrons. The van der Waals surface area contributed by atoms with Crippen LogP contribution in [0.5, 0.6) is 0 Å². The molecule has 2 saturated carbocycles. The molecular formula is C16H31NO2. The van der Waals surface area contributed by atoms with Crippen molar-refractivity contribution in [2.45, 2.75) is 83.6 Å². The van der Waals surface area contributed by atoms with Crippen molar-refractivity contribution < 1.29 is 9.84 Å². The molecule has 1 N–H and O–H groups in total. The summed E-state index contributed by atoms with van der Waals surface area (Å²) in [5, 5.41) is 10.2. The van der Waals surface area contributed by atoms with Crippen LogP contribution in [0.15, 0.2) is 0 Å². The van der Waals surface area contributed by atoms with E-state index in [1.54, 1.807) is 0 Å². The van der Waals surface area contributed by atoms with Gasteiger partial charge in [0, 0.05) is 18.6 Å². The lowest BCUT2D eigenvalue weighted by atomic mass is 9.86. The molecule has 0 bridgehead atoms. The van der Waals surface area contributed by atoms with E-state index >= 15 is 0 Å². The molecule has 0 amide bonds. The maximum atomic E-state index is 10.2. The second-order valence-electron chi connectivity index (χ2n) is 6.88. The summed E-state index contributed by atoms with van der Waals surface area (Å²) in [6.45, 7) is 7.69. The highest BCUT2D eigenvalue weighted by molar-refractivity contribution is 4.91. The number of aliphatic hydroxyl groups excluding tert-OH is 1. The zero-order valence-corrected chi connectivity index (χ0v) is 12.8. The van der Waals surface area contributed by atoms with Crippen LogP contribution in [0.25, 0.3) is 0 Å². The first-order chi connectivity index (χ1) is 9.06. The highest BCUT2D eigenvalue weighted by Crippen LogP contribution is 2.35. The SMILES string of the molecule is CC1CCC(N(CC(O)COC(C)C)C2CC2)CC1. The van der Waals surface area contributed by atoms with E-state index in [2.05, 4.69) is 11.8 Å². The molecule has 0 spiro atoms. The van der Waals surface area contributed by atoms with Gasteiger partial charge in [0.2, 0.25) is 0 Å². The Bertz CT molecular complexity index is 257. The largest absolute Gasteiger partial charge is 0.389 e. The predicted octanol–water partition coefficient (Wildman–Crippen LogP) is 2.82. The van der Waals surface area contributed by atoms with Gasteiger partial charge in [-0.3, -0.25) is 4.90 Å². The van der Waals surface area contributed by atoms with Crippen molar-refractivity contribution in [3.8, 4) is 0 Å². The van der Waals surface area contributed by atoms with Gasteiger partial charge in [-0.1, -0.05) is 6.92 Å². The quantitative estimate of drug-likeness (QED) is 0.771. The van der Waals surface area contributed by atoms with Crippen LogP contribution in [0, 0.1) is 5.92 Å². The Morgan fingerprint density at radius 2 is 1.58 bits per heavy atom. The van der Waals surface area contributed by atoms with Gasteiger partial charge in [0.25, 0.3) is 0 Å². The summed E-state index contributed by atoms with van der Waals surface area (Å²) in [4.78, 5) is 2.58. The van der Waals surface area contributed by atoms with Crippen molar-refractivity contribution in [1.82, 2.24) is 4.90 Å². The maximum Gasteiger partial charge on any atom is 0.0900 e. The molecule has 0 heterocycles. The van der Waals surface area contributed by atoms with E-state index in [1.807, 2.05) is 13.8 Å². The van der Waals surface area contributed by atoms with Crippen molar-refractivity contribution in [1.29, 1.82) is 0 Å². The van der Waals surface area contributed by atoms with Gasteiger partial charge in [-0.05, 0) is 58.3 Å². The number of rotatable bonds is 7. The first-order valence-electron chi connectivity index (χ1n) is 8.11. The van der Waals surface area contributed by atoms with E-state index in [1.165, 1.54) is 38.5 Å². The Labute approximate surface area is 118 Å². The summed E-state index contributed by atoms with van der Waals surface area (Å²) >= 11 is 0. The Morgan fingerprint density at radius 1 is 1.05 bits per heavy atom. The number of hydrogen-bond acceptors (Lipinski definition) is 3. The van der Waals surface area contributed by atoms with Gasteiger partial charge in [0.15, 0.2) is 0 Å². The van der Waals surface area contributed by atoms with Crippen LogP contribution in [0.3, 0.4) is 0 Å². The van der Waals surface area contributed by atoms with E-state index < -0.39 is 0 Å². The standard InChI is InChI=1S/C16H31NO2/c1-12(2)19-11-16(18)10-17(15-8-9-15)14-6-4-13(3)5-7-14/h12-16,18H,4-11H2,1-3H3. The van der Waals surface area contributed by atoms with Gasteiger partial charge in [0.05, 0.1) is 18.8 Å². The van der Waals surface area contributed by atoms with E-state index in [-0.39, 0.29) is 12.2 Å². The summed E-state index contributed by atoms with van der Waals surface area (Å²) in [7, 11) is 0. The fraction of sp³-hybridized carbons (Fsp3) is 1.00. The van der Waals surface area contributed by atoms with Crippen molar-refractivity contribution in [3.63, 3.8) is 0 Å². The first-order valence-corrected chi connectivity index (χ1v) is 8.11. The number of ether oxygens (including phenoxy) is 1. The van der Waals surface area contributed by atoms with Crippen LogP contribution in [0.4, 0.5) is 0 Å². The van der Waals surface area contributed by atoms with Gasteiger partial charge in [-0.25, -0.2) is 0 Å².